The van der Waals surface area contributed by atoms with Gasteiger partial charge in [0.25, 0.3) is 5.56 Å². The van der Waals surface area contributed by atoms with Gasteiger partial charge >= 0.3 is 5.69 Å². The average Bonchev–Trinajstić information content (AvgIpc) is 3.31. The van der Waals surface area contributed by atoms with Crippen LogP contribution in [0.25, 0.3) is 11.2 Å². The monoisotopic (exact) mass is 571 g/mol. The number of fused-ring (bicyclic) bond motifs is 1. The third kappa shape index (κ3) is 5.09. The first kappa shape index (κ1) is 26.7. The van der Waals surface area contributed by atoms with Gasteiger partial charge in [-0.3, -0.25) is 18.5 Å². The molecule has 1 aliphatic rings. The Morgan fingerprint density at radius 2 is 1.77 bits per heavy atom. The van der Waals surface area contributed by atoms with Crippen LogP contribution in [0.4, 0.5) is 16.0 Å². The van der Waals surface area contributed by atoms with Crippen molar-refractivity contribution in [2.75, 3.05) is 43.5 Å². The molecule has 2 aromatic heterocycles. The Morgan fingerprint density at radius 3 is 2.44 bits per heavy atom. The molecule has 4 aromatic rings. The minimum absolute atomic E-state index is 0.286. The smallest absolute Gasteiger partial charge is 0.332 e. The summed E-state index contributed by atoms with van der Waals surface area (Å²) in [6.07, 6.45) is 0. The fourth-order valence-corrected chi connectivity index (χ4v) is 5.14. The molecular formula is C26H27ClFN7O3S. The molecule has 0 saturated carbocycles. The summed E-state index contributed by atoms with van der Waals surface area (Å²) in [5.41, 5.74) is 1.19. The molecule has 0 atom stereocenters. The predicted molar refractivity (Wildman–Crippen MR) is 154 cm³/mol. The second kappa shape index (κ2) is 10.7. The Bertz CT molecular complexity index is 1670. The summed E-state index contributed by atoms with van der Waals surface area (Å²) in [7, 11) is 4.62. The van der Waals surface area contributed by atoms with Crippen LogP contribution in [0.15, 0.2) is 52.1 Å². The minimum Gasteiger partial charge on any atom is -0.495 e. The number of rotatable bonds is 5. The highest BCUT2D eigenvalue weighted by molar-refractivity contribution is 7.80. The molecule has 0 spiro atoms. The summed E-state index contributed by atoms with van der Waals surface area (Å²) in [6.45, 7) is 2.59. The summed E-state index contributed by atoms with van der Waals surface area (Å²) < 4.78 is 23.2. The van der Waals surface area contributed by atoms with Gasteiger partial charge in [0.05, 0.1) is 19.3 Å². The van der Waals surface area contributed by atoms with E-state index in [2.05, 4.69) is 10.2 Å². The molecule has 0 radical (unpaired) electrons. The van der Waals surface area contributed by atoms with Gasteiger partial charge in [-0.2, -0.15) is 4.98 Å². The maximum atomic E-state index is 13.6. The van der Waals surface area contributed by atoms with E-state index in [1.807, 2.05) is 4.90 Å². The Hall–Kier alpha value is -3.90. The van der Waals surface area contributed by atoms with Gasteiger partial charge in [0.1, 0.15) is 11.6 Å². The number of anilines is 2. The second-order valence-corrected chi connectivity index (χ2v) is 10.1. The Balaban J connectivity index is 1.44. The summed E-state index contributed by atoms with van der Waals surface area (Å²) in [4.78, 5) is 34.7. The van der Waals surface area contributed by atoms with Crippen LogP contribution in [0.1, 0.15) is 5.56 Å². The van der Waals surface area contributed by atoms with E-state index in [9.17, 15) is 14.0 Å². The lowest BCUT2D eigenvalue weighted by molar-refractivity contribution is 0.386. The van der Waals surface area contributed by atoms with E-state index >= 15 is 0 Å². The molecule has 2 aromatic carbocycles. The number of nitrogens with one attached hydrogen (secondary N) is 1. The number of imidazole rings is 1. The molecule has 1 N–H and O–H groups in total. The number of aryl methyl sites for hydroxylation is 1. The van der Waals surface area contributed by atoms with E-state index in [-0.39, 0.29) is 12.4 Å². The van der Waals surface area contributed by atoms with Gasteiger partial charge in [-0.25, -0.2) is 9.18 Å². The molecule has 0 bridgehead atoms. The van der Waals surface area contributed by atoms with E-state index in [0.717, 1.165) is 10.1 Å². The average molecular weight is 572 g/mol. The van der Waals surface area contributed by atoms with Crippen molar-refractivity contribution in [1.82, 2.24) is 23.6 Å². The summed E-state index contributed by atoms with van der Waals surface area (Å²) in [5, 5.41) is 4.32. The van der Waals surface area contributed by atoms with E-state index in [1.165, 1.54) is 23.7 Å². The summed E-state index contributed by atoms with van der Waals surface area (Å²) in [6, 6.07) is 11.4. The Morgan fingerprint density at radius 1 is 1.08 bits per heavy atom. The van der Waals surface area contributed by atoms with Gasteiger partial charge in [-0.1, -0.05) is 23.7 Å². The van der Waals surface area contributed by atoms with Crippen molar-refractivity contribution < 1.29 is 9.13 Å². The predicted octanol–water partition coefficient (Wildman–Crippen LogP) is 2.80. The van der Waals surface area contributed by atoms with E-state index in [1.54, 1.807) is 49.1 Å². The molecule has 0 unspecified atom stereocenters. The van der Waals surface area contributed by atoms with Crippen LogP contribution in [0.5, 0.6) is 5.75 Å². The second-order valence-electron chi connectivity index (χ2n) is 9.25. The fourth-order valence-electron chi connectivity index (χ4n) is 4.68. The third-order valence-electron chi connectivity index (χ3n) is 6.83. The van der Waals surface area contributed by atoms with Crippen molar-refractivity contribution in [3.05, 3.63) is 79.7 Å². The largest absolute Gasteiger partial charge is 0.495 e. The lowest BCUT2D eigenvalue weighted by Crippen LogP contribution is -2.50. The first-order valence-corrected chi connectivity index (χ1v) is 13.0. The van der Waals surface area contributed by atoms with Crippen molar-refractivity contribution in [3.8, 4) is 5.75 Å². The number of piperazine rings is 1. The lowest BCUT2D eigenvalue weighted by Gasteiger charge is -2.37. The molecule has 204 valence electrons. The van der Waals surface area contributed by atoms with Crippen molar-refractivity contribution in [1.29, 1.82) is 0 Å². The highest BCUT2D eigenvalue weighted by atomic mass is 35.5. The minimum atomic E-state index is -0.455. The first-order chi connectivity index (χ1) is 18.7. The maximum absolute atomic E-state index is 13.6. The number of aromatic nitrogens is 4. The lowest BCUT2D eigenvalue weighted by atomic mass is 10.2. The zero-order valence-corrected chi connectivity index (χ0v) is 23.2. The van der Waals surface area contributed by atoms with E-state index in [0.29, 0.717) is 64.9 Å². The van der Waals surface area contributed by atoms with E-state index in [4.69, 9.17) is 33.5 Å². The van der Waals surface area contributed by atoms with Gasteiger partial charge in [-0.15, -0.1) is 0 Å². The van der Waals surface area contributed by atoms with Crippen LogP contribution < -0.4 is 26.2 Å². The standard InChI is InChI=1S/C26H27ClFN7O3S/c1-31-22-21(23(36)32(2)26(31)37)35(15-16-4-7-18(28)8-5-16)24(30-22)33-10-12-34(13-11-33)25(39)29-19-14-17(27)6-9-20(19)38-3/h4-9,14H,10-13,15H2,1-3H3,(H,29,39). The molecule has 0 amide bonds. The molecule has 1 saturated heterocycles. The van der Waals surface area contributed by atoms with Crippen molar-refractivity contribution in [2.45, 2.75) is 6.54 Å². The molecule has 5 rings (SSSR count). The Kier molecular flexibility index (Phi) is 7.32. The van der Waals surface area contributed by atoms with Gasteiger partial charge in [0.2, 0.25) is 5.95 Å². The van der Waals surface area contributed by atoms with Crippen LogP contribution >= 0.6 is 23.8 Å². The molecule has 10 nitrogen and oxygen atoms in total. The molecule has 1 aliphatic heterocycles. The summed E-state index contributed by atoms with van der Waals surface area (Å²) in [5.74, 6) is 0.841. The number of hydrogen-bond acceptors (Lipinski definition) is 6. The van der Waals surface area contributed by atoms with Gasteiger partial charge < -0.3 is 19.9 Å². The number of methoxy groups -OCH3 is 1. The summed E-state index contributed by atoms with van der Waals surface area (Å²) >= 11 is 11.8. The van der Waals surface area contributed by atoms with Crippen LogP contribution in [-0.2, 0) is 20.6 Å². The van der Waals surface area contributed by atoms with Gasteiger partial charge in [0, 0.05) is 45.3 Å². The van der Waals surface area contributed by atoms with Crippen molar-refractivity contribution in [3.63, 3.8) is 0 Å². The van der Waals surface area contributed by atoms with Crippen LogP contribution in [-0.4, -0.2) is 62.0 Å². The van der Waals surface area contributed by atoms with Crippen LogP contribution in [0.2, 0.25) is 5.02 Å². The molecule has 39 heavy (non-hydrogen) atoms. The molecular weight excluding hydrogens is 545 g/mol. The number of nitrogens with zero attached hydrogens (tertiary/aromatic N) is 6. The van der Waals surface area contributed by atoms with Crippen molar-refractivity contribution >= 4 is 51.7 Å². The fraction of sp³-hybridized carbons (Fsp3) is 0.308. The number of ether oxygens (including phenoxy) is 1. The topological polar surface area (TPSA) is 89.6 Å². The molecule has 0 aliphatic carbocycles. The number of halogens is 2. The zero-order valence-electron chi connectivity index (χ0n) is 21.6. The van der Waals surface area contributed by atoms with Crippen LogP contribution in [0.3, 0.4) is 0 Å². The number of thiocarbonyl (C=S) groups is 1. The highest BCUT2D eigenvalue weighted by Crippen LogP contribution is 2.28. The normalized spacial score (nSPS) is 13.7. The molecule has 13 heteroatoms. The molecule has 3 heterocycles. The SMILES string of the molecule is COc1ccc(Cl)cc1NC(=S)N1CCN(c2nc3c(c(=O)n(C)c(=O)n3C)n2Cc2ccc(F)cc2)CC1. The molecule has 1 fully saturated rings. The first-order valence-electron chi connectivity index (χ1n) is 12.2. The Labute approximate surface area is 233 Å². The van der Waals surface area contributed by atoms with Gasteiger partial charge in [0.15, 0.2) is 16.3 Å². The maximum Gasteiger partial charge on any atom is 0.332 e. The number of hydrogen-bond donors (Lipinski definition) is 1. The van der Waals surface area contributed by atoms with Crippen molar-refractivity contribution in [2.24, 2.45) is 14.1 Å². The van der Waals surface area contributed by atoms with Gasteiger partial charge in [-0.05, 0) is 48.1 Å². The zero-order chi connectivity index (χ0) is 27.8. The van der Waals surface area contributed by atoms with E-state index < -0.39 is 11.2 Å². The quantitative estimate of drug-likeness (QED) is 0.366. The van der Waals surface area contributed by atoms with Crippen LogP contribution in [0, 0.1) is 5.82 Å². The number of benzene rings is 2. The third-order valence-corrected chi connectivity index (χ3v) is 7.43. The highest BCUT2D eigenvalue weighted by Gasteiger charge is 2.27.